The van der Waals surface area contributed by atoms with Gasteiger partial charge in [-0.3, -0.25) is 4.79 Å². The van der Waals surface area contributed by atoms with Crippen LogP contribution in [0, 0.1) is 5.82 Å². The fourth-order valence-electron chi connectivity index (χ4n) is 2.40. The second-order valence-electron chi connectivity index (χ2n) is 4.62. The minimum absolute atomic E-state index is 0.276. The number of halogens is 2. The molecule has 0 aliphatic heterocycles. The maximum Gasteiger partial charge on any atom is 0.268 e. The Hall–Kier alpha value is -2.33. The third-order valence-electron chi connectivity index (χ3n) is 3.36. The van der Waals surface area contributed by atoms with Crippen molar-refractivity contribution in [3.05, 3.63) is 59.0 Å². The summed E-state index contributed by atoms with van der Waals surface area (Å²) in [7, 11) is 1.55. The smallest absolute Gasteiger partial charge is 0.268 e. The molecule has 1 amide bonds. The van der Waals surface area contributed by atoms with E-state index in [1.165, 1.54) is 12.1 Å². The minimum Gasteiger partial charge on any atom is -0.354 e. The summed E-state index contributed by atoms with van der Waals surface area (Å²) in [6.45, 7) is 0. The van der Waals surface area contributed by atoms with E-state index in [1.807, 2.05) is 12.1 Å². The minimum atomic E-state index is -0.363. The first-order valence-electron chi connectivity index (χ1n) is 6.40. The molecule has 106 valence electrons. The summed E-state index contributed by atoms with van der Waals surface area (Å²) in [6.07, 6.45) is 0. The van der Waals surface area contributed by atoms with Crippen LogP contribution in [-0.4, -0.2) is 17.9 Å². The first-order chi connectivity index (χ1) is 10.1. The predicted octanol–water partition coefficient (Wildman–Crippen LogP) is 3.99. The van der Waals surface area contributed by atoms with Crippen LogP contribution in [0.1, 0.15) is 10.5 Å². The molecule has 3 aromatic rings. The topological polar surface area (TPSA) is 44.9 Å². The first-order valence-corrected chi connectivity index (χ1v) is 6.78. The van der Waals surface area contributed by atoms with Crippen molar-refractivity contribution in [2.75, 3.05) is 7.05 Å². The van der Waals surface area contributed by atoms with Gasteiger partial charge in [-0.15, -0.1) is 0 Å². The summed E-state index contributed by atoms with van der Waals surface area (Å²) in [6, 6.07) is 11.5. The summed E-state index contributed by atoms with van der Waals surface area (Å²) >= 11 is 6.24. The van der Waals surface area contributed by atoms with Crippen LogP contribution in [0.3, 0.4) is 0 Å². The average molecular weight is 303 g/mol. The molecular weight excluding hydrogens is 291 g/mol. The Bertz CT molecular complexity index is 841. The van der Waals surface area contributed by atoms with Crippen molar-refractivity contribution in [1.29, 1.82) is 0 Å². The van der Waals surface area contributed by atoms with Crippen LogP contribution in [0.15, 0.2) is 42.5 Å². The van der Waals surface area contributed by atoms with Gasteiger partial charge < -0.3 is 10.3 Å². The number of benzene rings is 2. The molecule has 5 heteroatoms. The zero-order valence-electron chi connectivity index (χ0n) is 11.2. The Labute approximate surface area is 125 Å². The second kappa shape index (κ2) is 5.22. The zero-order valence-corrected chi connectivity index (χ0v) is 12.0. The number of aromatic nitrogens is 1. The molecule has 21 heavy (non-hydrogen) atoms. The van der Waals surface area contributed by atoms with Gasteiger partial charge >= 0.3 is 0 Å². The number of carbonyl (C=O) groups excluding carboxylic acids is 1. The highest BCUT2D eigenvalue weighted by Gasteiger charge is 2.20. The molecular formula is C16H12ClFN2O. The number of rotatable bonds is 2. The molecule has 0 radical (unpaired) electrons. The van der Waals surface area contributed by atoms with E-state index in [2.05, 4.69) is 10.3 Å². The standard InChI is InChI=1S/C16H12ClFN2O/c1-19-16(21)15-14(10-4-2-3-5-12(10)17)11-8-9(18)6-7-13(11)20-15/h2-8,20H,1H3,(H,19,21). The van der Waals surface area contributed by atoms with Gasteiger partial charge in [0.1, 0.15) is 11.5 Å². The highest BCUT2D eigenvalue weighted by Crippen LogP contribution is 2.36. The van der Waals surface area contributed by atoms with Crippen molar-refractivity contribution >= 4 is 28.4 Å². The lowest BCUT2D eigenvalue weighted by Crippen LogP contribution is -2.18. The third-order valence-corrected chi connectivity index (χ3v) is 3.69. The molecule has 0 spiro atoms. The lowest BCUT2D eigenvalue weighted by molar-refractivity contribution is 0.0959. The van der Waals surface area contributed by atoms with E-state index in [4.69, 9.17) is 11.6 Å². The Morgan fingerprint density at radius 2 is 2.00 bits per heavy atom. The van der Waals surface area contributed by atoms with E-state index in [0.29, 0.717) is 32.7 Å². The van der Waals surface area contributed by atoms with Gasteiger partial charge in [-0.1, -0.05) is 29.8 Å². The third kappa shape index (κ3) is 2.28. The van der Waals surface area contributed by atoms with Crippen LogP contribution in [0.2, 0.25) is 5.02 Å². The van der Waals surface area contributed by atoms with E-state index in [0.717, 1.165) is 0 Å². The number of amides is 1. The summed E-state index contributed by atoms with van der Waals surface area (Å²) in [5.41, 5.74) is 2.35. The number of nitrogens with one attached hydrogen (secondary N) is 2. The van der Waals surface area contributed by atoms with Crippen LogP contribution in [0.25, 0.3) is 22.0 Å². The number of hydrogen-bond donors (Lipinski definition) is 2. The van der Waals surface area contributed by atoms with Gasteiger partial charge in [0.15, 0.2) is 0 Å². The van der Waals surface area contributed by atoms with Gasteiger partial charge in [0, 0.05) is 34.1 Å². The molecule has 0 saturated heterocycles. The van der Waals surface area contributed by atoms with E-state index >= 15 is 0 Å². The first kappa shape index (κ1) is 13.6. The quantitative estimate of drug-likeness (QED) is 0.739. The summed E-state index contributed by atoms with van der Waals surface area (Å²) in [4.78, 5) is 15.1. The molecule has 0 unspecified atom stereocenters. The van der Waals surface area contributed by atoms with Gasteiger partial charge in [-0.25, -0.2) is 4.39 Å². The van der Waals surface area contributed by atoms with Gasteiger partial charge in [0.25, 0.3) is 5.91 Å². The molecule has 3 nitrogen and oxygen atoms in total. The Morgan fingerprint density at radius 3 is 2.71 bits per heavy atom. The molecule has 0 atom stereocenters. The number of H-pyrrole nitrogens is 1. The maximum atomic E-state index is 13.6. The van der Waals surface area contributed by atoms with Crippen LogP contribution >= 0.6 is 11.6 Å². The van der Waals surface area contributed by atoms with Gasteiger partial charge in [-0.05, 0) is 24.3 Å². The molecule has 1 aromatic heterocycles. The Morgan fingerprint density at radius 1 is 1.24 bits per heavy atom. The van der Waals surface area contributed by atoms with Crippen molar-refractivity contribution in [2.24, 2.45) is 0 Å². The van der Waals surface area contributed by atoms with E-state index in [1.54, 1.807) is 25.2 Å². The van der Waals surface area contributed by atoms with E-state index in [-0.39, 0.29) is 11.7 Å². The molecule has 3 rings (SSSR count). The Balaban J connectivity index is 2.40. The molecule has 0 aliphatic carbocycles. The molecule has 0 bridgehead atoms. The maximum absolute atomic E-state index is 13.6. The number of fused-ring (bicyclic) bond motifs is 1. The summed E-state index contributed by atoms with van der Waals surface area (Å²) in [5, 5.41) is 3.71. The highest BCUT2D eigenvalue weighted by molar-refractivity contribution is 6.34. The highest BCUT2D eigenvalue weighted by atomic mass is 35.5. The molecule has 2 N–H and O–H groups in total. The van der Waals surface area contributed by atoms with E-state index in [9.17, 15) is 9.18 Å². The molecule has 2 aromatic carbocycles. The number of carbonyl (C=O) groups is 1. The molecule has 0 saturated carbocycles. The van der Waals surface area contributed by atoms with Crippen molar-refractivity contribution in [2.45, 2.75) is 0 Å². The fraction of sp³-hybridized carbons (Fsp3) is 0.0625. The summed E-state index contributed by atoms with van der Waals surface area (Å²) in [5.74, 6) is -0.639. The van der Waals surface area contributed by atoms with Gasteiger partial charge in [0.05, 0.1) is 0 Å². The normalized spacial score (nSPS) is 10.8. The van der Waals surface area contributed by atoms with Crippen LogP contribution < -0.4 is 5.32 Å². The number of aromatic amines is 1. The van der Waals surface area contributed by atoms with Crippen molar-refractivity contribution in [1.82, 2.24) is 10.3 Å². The second-order valence-corrected chi connectivity index (χ2v) is 5.03. The van der Waals surface area contributed by atoms with Crippen LogP contribution in [0.4, 0.5) is 4.39 Å². The van der Waals surface area contributed by atoms with Crippen LogP contribution in [0.5, 0.6) is 0 Å². The van der Waals surface area contributed by atoms with Crippen molar-refractivity contribution in [3.8, 4) is 11.1 Å². The predicted molar refractivity (Wildman–Crippen MR) is 82.1 cm³/mol. The lowest BCUT2D eigenvalue weighted by Gasteiger charge is -2.06. The SMILES string of the molecule is CNC(=O)c1[nH]c2ccc(F)cc2c1-c1ccccc1Cl. The summed E-state index contributed by atoms with van der Waals surface area (Å²) < 4.78 is 13.6. The molecule has 0 aliphatic rings. The monoisotopic (exact) mass is 302 g/mol. The molecule has 1 heterocycles. The number of hydrogen-bond acceptors (Lipinski definition) is 1. The van der Waals surface area contributed by atoms with Crippen molar-refractivity contribution in [3.63, 3.8) is 0 Å². The van der Waals surface area contributed by atoms with E-state index < -0.39 is 0 Å². The average Bonchev–Trinajstić information content (AvgIpc) is 2.85. The Kier molecular flexibility index (Phi) is 3.39. The fourth-order valence-corrected chi connectivity index (χ4v) is 2.63. The van der Waals surface area contributed by atoms with Crippen molar-refractivity contribution < 1.29 is 9.18 Å². The van der Waals surface area contributed by atoms with Gasteiger partial charge in [0.2, 0.25) is 0 Å². The molecule has 0 fully saturated rings. The van der Waals surface area contributed by atoms with Crippen LogP contribution in [-0.2, 0) is 0 Å². The lowest BCUT2D eigenvalue weighted by atomic mass is 10.0. The van der Waals surface area contributed by atoms with Gasteiger partial charge in [-0.2, -0.15) is 0 Å². The zero-order chi connectivity index (χ0) is 15.0. The largest absolute Gasteiger partial charge is 0.354 e.